The van der Waals surface area contributed by atoms with Crippen LogP contribution in [0.4, 0.5) is 0 Å². The lowest BCUT2D eigenvalue weighted by Crippen LogP contribution is -1.81. The summed E-state index contributed by atoms with van der Waals surface area (Å²) in [6.45, 7) is 21.5. The molecule has 18 heavy (non-hydrogen) atoms. The molecule has 0 bridgehead atoms. The second-order valence-corrected chi connectivity index (χ2v) is 3.84. The average Bonchev–Trinajstić information content (AvgIpc) is 2.38. The molecule has 0 aliphatic carbocycles. The predicted molar refractivity (Wildman–Crippen MR) is 84.5 cm³/mol. The minimum atomic E-state index is 0.849. The van der Waals surface area contributed by atoms with E-state index in [9.17, 15) is 0 Å². The van der Waals surface area contributed by atoms with E-state index in [2.05, 4.69) is 45.9 Å². The summed E-state index contributed by atoms with van der Waals surface area (Å²) in [5, 5.41) is 0. The van der Waals surface area contributed by atoms with Crippen LogP contribution in [0.25, 0.3) is 0 Å². The van der Waals surface area contributed by atoms with Gasteiger partial charge in [0.2, 0.25) is 0 Å². The van der Waals surface area contributed by atoms with Crippen LogP contribution in [-0.2, 0) is 0 Å². The van der Waals surface area contributed by atoms with E-state index in [4.69, 9.17) is 0 Å². The van der Waals surface area contributed by atoms with Crippen molar-refractivity contribution >= 4 is 0 Å². The summed E-state index contributed by atoms with van der Waals surface area (Å²) < 4.78 is 0. The molecule has 0 atom stereocenters. The Morgan fingerprint density at radius 1 is 0.778 bits per heavy atom. The topological polar surface area (TPSA) is 0 Å². The smallest absolute Gasteiger partial charge is 0.0262 e. The quantitative estimate of drug-likeness (QED) is 0.491. The molecule has 0 rings (SSSR count). The molecule has 0 saturated heterocycles. The Morgan fingerprint density at radius 2 is 1.22 bits per heavy atom. The lowest BCUT2D eigenvalue weighted by molar-refractivity contribution is 1.22. The third-order valence-corrected chi connectivity index (χ3v) is 2.30. The third kappa shape index (κ3) is 6.49. The van der Waals surface area contributed by atoms with Crippen molar-refractivity contribution in [1.29, 1.82) is 0 Å². The molecule has 0 spiro atoms. The summed E-state index contributed by atoms with van der Waals surface area (Å²) in [6, 6.07) is 0. The number of hydrogen-bond donors (Lipinski definition) is 0. The largest absolute Gasteiger partial charge is 0.0991 e. The van der Waals surface area contributed by atoms with E-state index < -0.39 is 0 Å². The van der Waals surface area contributed by atoms with Crippen molar-refractivity contribution < 1.29 is 0 Å². The fourth-order valence-corrected chi connectivity index (χ4v) is 1.07. The lowest BCUT2D eigenvalue weighted by Gasteiger charge is -2.01. The Labute approximate surface area is 111 Å². The molecule has 0 aliphatic heterocycles. The summed E-state index contributed by atoms with van der Waals surface area (Å²) in [4.78, 5) is 0. The minimum Gasteiger partial charge on any atom is -0.0991 e. The first-order valence-electron chi connectivity index (χ1n) is 5.93. The van der Waals surface area contributed by atoms with Crippen LogP contribution in [0.15, 0.2) is 97.7 Å². The summed E-state index contributed by atoms with van der Waals surface area (Å²) in [7, 11) is 0. The highest BCUT2D eigenvalue weighted by Gasteiger charge is 1.94. The summed E-state index contributed by atoms with van der Waals surface area (Å²) in [6.07, 6.45) is 14.2. The van der Waals surface area contributed by atoms with E-state index >= 15 is 0 Å². The Hall–Kier alpha value is -2.08. The molecule has 0 saturated carbocycles. The highest BCUT2D eigenvalue weighted by Crippen LogP contribution is 2.13. The van der Waals surface area contributed by atoms with Crippen molar-refractivity contribution in [2.75, 3.05) is 0 Å². The van der Waals surface area contributed by atoms with E-state index in [0.717, 1.165) is 28.7 Å². The highest BCUT2D eigenvalue weighted by atomic mass is 14.0. The number of rotatable bonds is 8. The molecule has 0 radical (unpaired) electrons. The fourth-order valence-electron chi connectivity index (χ4n) is 1.07. The molecule has 0 aromatic carbocycles. The van der Waals surface area contributed by atoms with Crippen LogP contribution in [-0.4, -0.2) is 0 Å². The molecule has 0 aliphatic rings. The van der Waals surface area contributed by atoms with E-state index in [-0.39, 0.29) is 0 Å². The third-order valence-electron chi connectivity index (χ3n) is 2.30. The Morgan fingerprint density at radius 3 is 1.67 bits per heavy atom. The zero-order chi connectivity index (χ0) is 14.0. The molecule has 0 aromatic rings. The van der Waals surface area contributed by atoms with Crippen LogP contribution in [0.5, 0.6) is 0 Å². The van der Waals surface area contributed by atoms with Gasteiger partial charge in [-0.2, -0.15) is 0 Å². The van der Waals surface area contributed by atoms with E-state index in [0.29, 0.717) is 0 Å². The minimum absolute atomic E-state index is 0.849. The van der Waals surface area contributed by atoms with Gasteiger partial charge in [0, 0.05) is 0 Å². The van der Waals surface area contributed by atoms with Gasteiger partial charge in [0.25, 0.3) is 0 Å². The molecule has 0 heterocycles. The molecular weight excluding hydrogens is 216 g/mol. The second kappa shape index (κ2) is 9.00. The van der Waals surface area contributed by atoms with Crippen LogP contribution in [0, 0.1) is 0 Å². The van der Waals surface area contributed by atoms with Gasteiger partial charge >= 0.3 is 0 Å². The Bertz CT molecular complexity index is 437. The number of hydrogen-bond acceptors (Lipinski definition) is 0. The van der Waals surface area contributed by atoms with Crippen LogP contribution >= 0.6 is 0 Å². The van der Waals surface area contributed by atoms with E-state index in [1.807, 2.05) is 30.4 Å². The highest BCUT2D eigenvalue weighted by molar-refractivity contribution is 5.49. The molecule has 0 N–H and O–H groups in total. The van der Waals surface area contributed by atoms with Crippen molar-refractivity contribution in [3.8, 4) is 0 Å². The number of allylic oxidation sites excluding steroid dienone is 11. The fraction of sp³-hybridized carbons (Fsp3) is 0.111. The first kappa shape index (κ1) is 15.9. The van der Waals surface area contributed by atoms with Crippen molar-refractivity contribution in [2.45, 2.75) is 13.3 Å². The van der Waals surface area contributed by atoms with Crippen molar-refractivity contribution in [2.24, 2.45) is 0 Å². The van der Waals surface area contributed by atoms with Crippen LogP contribution < -0.4 is 0 Å². The van der Waals surface area contributed by atoms with Gasteiger partial charge in [-0.15, -0.1) is 0 Å². The molecule has 0 unspecified atom stereocenters. The maximum Gasteiger partial charge on any atom is -0.0262 e. The molecule has 0 heteroatoms. The van der Waals surface area contributed by atoms with Crippen LogP contribution in [0.2, 0.25) is 0 Å². The monoisotopic (exact) mass is 238 g/mol. The van der Waals surface area contributed by atoms with Gasteiger partial charge < -0.3 is 0 Å². The molecule has 94 valence electrons. The van der Waals surface area contributed by atoms with Gasteiger partial charge in [0.15, 0.2) is 0 Å². The van der Waals surface area contributed by atoms with Gasteiger partial charge in [0.1, 0.15) is 0 Å². The summed E-state index contributed by atoms with van der Waals surface area (Å²) in [5.41, 5.74) is 3.49. The molecule has 0 amide bonds. The average molecular weight is 238 g/mol. The zero-order valence-electron chi connectivity index (χ0n) is 11.3. The first-order valence-corrected chi connectivity index (χ1v) is 5.93. The summed E-state index contributed by atoms with van der Waals surface area (Å²) in [5.74, 6) is 0. The lowest BCUT2D eigenvalue weighted by atomic mass is 10.0. The normalized spacial score (nSPS) is 11.2. The van der Waals surface area contributed by atoms with Gasteiger partial charge in [-0.25, -0.2) is 0 Å². The zero-order valence-corrected chi connectivity index (χ0v) is 11.3. The molecule has 0 nitrogen and oxygen atoms in total. The second-order valence-electron chi connectivity index (χ2n) is 3.84. The van der Waals surface area contributed by atoms with Crippen molar-refractivity contribution in [1.82, 2.24) is 0 Å². The molecule has 0 fully saturated rings. The Kier molecular flexibility index (Phi) is 7.96. The van der Waals surface area contributed by atoms with Gasteiger partial charge in [-0.05, 0) is 28.7 Å². The SMILES string of the molecule is C=C/C=C\C(=C)C(=C)/C=C\C(=C)C(=C)/C=C\CC. The standard InChI is InChI=1S/C18H22/c1-7-9-11-15(3)17(5)13-14-18(6)16(4)12-10-8-2/h7,9-14H,1,3-6,8H2,2H3/b11-9-,12-10-,14-13-. The van der Waals surface area contributed by atoms with Gasteiger partial charge in [-0.3, -0.25) is 0 Å². The molecule has 0 aromatic heterocycles. The molecular formula is C18H22. The van der Waals surface area contributed by atoms with Gasteiger partial charge in [-0.1, -0.05) is 82.4 Å². The maximum absolute atomic E-state index is 3.96. The van der Waals surface area contributed by atoms with E-state index in [1.165, 1.54) is 0 Å². The summed E-state index contributed by atoms with van der Waals surface area (Å²) >= 11 is 0. The van der Waals surface area contributed by atoms with Crippen LogP contribution in [0.1, 0.15) is 13.3 Å². The van der Waals surface area contributed by atoms with Crippen molar-refractivity contribution in [3.05, 3.63) is 97.7 Å². The van der Waals surface area contributed by atoms with Gasteiger partial charge in [0.05, 0.1) is 0 Å². The Balaban J connectivity index is 4.51. The first-order chi connectivity index (χ1) is 8.52. The van der Waals surface area contributed by atoms with Crippen molar-refractivity contribution in [3.63, 3.8) is 0 Å². The maximum atomic E-state index is 3.96. The van der Waals surface area contributed by atoms with E-state index in [1.54, 1.807) is 6.08 Å². The predicted octanol–water partition coefficient (Wildman–Crippen LogP) is 5.48. The van der Waals surface area contributed by atoms with Crippen LogP contribution in [0.3, 0.4) is 0 Å².